The molecule has 0 radical (unpaired) electrons. The minimum atomic E-state index is 0.119. The van der Waals surface area contributed by atoms with Crippen LogP contribution in [0.5, 0.6) is 0 Å². The van der Waals surface area contributed by atoms with Crippen LogP contribution in [0.4, 0.5) is 0 Å². The molecule has 0 spiro atoms. The summed E-state index contributed by atoms with van der Waals surface area (Å²) in [6.07, 6.45) is 3.14. The molecule has 0 heterocycles. The van der Waals surface area contributed by atoms with Gasteiger partial charge in [0.05, 0.1) is 0 Å². The monoisotopic (exact) mass is 273 g/mol. The van der Waals surface area contributed by atoms with E-state index in [1.807, 2.05) is 0 Å². The molecule has 0 aromatic heterocycles. The molecule has 20 heavy (non-hydrogen) atoms. The van der Waals surface area contributed by atoms with Crippen molar-refractivity contribution in [2.75, 3.05) is 13.1 Å². The molecule has 0 fully saturated rings. The Kier molecular flexibility index (Phi) is 6.48. The summed E-state index contributed by atoms with van der Waals surface area (Å²) in [6, 6.07) is 9.04. The average molecular weight is 273 g/mol. The predicted octanol–water partition coefficient (Wildman–Crippen LogP) is 4.79. The molecular formula is C19H31N. The van der Waals surface area contributed by atoms with Crippen molar-refractivity contribution in [2.45, 2.75) is 47.0 Å². The fraction of sp³-hybridized carbons (Fsp3) is 0.579. The van der Waals surface area contributed by atoms with Gasteiger partial charge in [-0.2, -0.15) is 0 Å². The van der Waals surface area contributed by atoms with Crippen LogP contribution >= 0.6 is 0 Å². The zero-order valence-electron chi connectivity index (χ0n) is 13.9. The van der Waals surface area contributed by atoms with Crippen molar-refractivity contribution in [3.63, 3.8) is 0 Å². The fourth-order valence-electron chi connectivity index (χ4n) is 2.34. The van der Waals surface area contributed by atoms with Crippen molar-refractivity contribution in [1.29, 1.82) is 0 Å². The van der Waals surface area contributed by atoms with Gasteiger partial charge in [0.15, 0.2) is 0 Å². The summed E-state index contributed by atoms with van der Waals surface area (Å²) in [5.41, 5.74) is 2.92. The first kappa shape index (κ1) is 17.0. The molecule has 1 rings (SSSR count). The first-order chi connectivity index (χ1) is 9.36. The summed E-state index contributed by atoms with van der Waals surface area (Å²) in [4.78, 5) is 0. The van der Waals surface area contributed by atoms with Crippen molar-refractivity contribution in [2.24, 2.45) is 11.3 Å². The Morgan fingerprint density at radius 1 is 1.15 bits per heavy atom. The van der Waals surface area contributed by atoms with Gasteiger partial charge in [0.1, 0.15) is 0 Å². The van der Waals surface area contributed by atoms with Crippen LogP contribution in [0.3, 0.4) is 0 Å². The summed E-state index contributed by atoms with van der Waals surface area (Å²) in [6.45, 7) is 17.3. The van der Waals surface area contributed by atoms with Crippen LogP contribution in [0, 0.1) is 11.3 Å². The van der Waals surface area contributed by atoms with E-state index in [-0.39, 0.29) is 5.41 Å². The molecule has 1 unspecified atom stereocenters. The molecule has 1 atom stereocenters. The molecule has 0 saturated carbocycles. The summed E-state index contributed by atoms with van der Waals surface area (Å²) in [5, 5.41) is 3.55. The van der Waals surface area contributed by atoms with E-state index in [1.54, 1.807) is 0 Å². The Hall–Kier alpha value is -1.08. The quantitative estimate of drug-likeness (QED) is 0.671. The largest absolute Gasteiger partial charge is 0.316 e. The molecule has 1 aromatic carbocycles. The number of hydrogen-bond donors (Lipinski definition) is 1. The molecule has 0 aliphatic carbocycles. The molecular weight excluding hydrogens is 242 g/mol. The number of hydrogen-bond acceptors (Lipinski definition) is 1. The van der Waals surface area contributed by atoms with Gasteiger partial charge in [-0.1, -0.05) is 65.0 Å². The minimum Gasteiger partial charge on any atom is -0.316 e. The zero-order valence-corrected chi connectivity index (χ0v) is 13.9. The van der Waals surface area contributed by atoms with Crippen molar-refractivity contribution in [3.05, 3.63) is 48.0 Å². The second kappa shape index (κ2) is 7.64. The lowest BCUT2D eigenvalue weighted by Gasteiger charge is -2.27. The standard InChI is InChI=1S/C19H31N/c1-7-19(6,14-20-13-15(2)3)12-17-8-10-18(11-9-17)16(4)5/h7-11,15-16,20H,1,12-14H2,2-6H3. The van der Waals surface area contributed by atoms with Gasteiger partial charge >= 0.3 is 0 Å². The second-order valence-corrected chi connectivity index (χ2v) is 6.96. The van der Waals surface area contributed by atoms with E-state index in [2.05, 4.69) is 76.9 Å². The lowest BCUT2D eigenvalue weighted by atomic mass is 9.83. The summed E-state index contributed by atoms with van der Waals surface area (Å²) in [7, 11) is 0. The molecule has 1 nitrogen and oxygen atoms in total. The topological polar surface area (TPSA) is 12.0 Å². The SMILES string of the molecule is C=CC(C)(CNCC(C)C)Cc1ccc(C(C)C)cc1. The Morgan fingerprint density at radius 3 is 2.20 bits per heavy atom. The van der Waals surface area contributed by atoms with Gasteiger partial charge in [0.2, 0.25) is 0 Å². The molecule has 1 aromatic rings. The maximum atomic E-state index is 4.03. The molecule has 0 bridgehead atoms. The first-order valence-electron chi connectivity index (χ1n) is 7.79. The van der Waals surface area contributed by atoms with E-state index >= 15 is 0 Å². The number of rotatable bonds is 8. The van der Waals surface area contributed by atoms with E-state index in [0.717, 1.165) is 19.5 Å². The van der Waals surface area contributed by atoms with Crippen LogP contribution in [-0.2, 0) is 6.42 Å². The molecule has 0 saturated heterocycles. The summed E-state index contributed by atoms with van der Waals surface area (Å²) < 4.78 is 0. The molecule has 0 aliphatic rings. The lowest BCUT2D eigenvalue weighted by molar-refractivity contribution is 0.378. The van der Waals surface area contributed by atoms with E-state index in [0.29, 0.717) is 11.8 Å². The third-order valence-corrected chi connectivity index (χ3v) is 3.83. The van der Waals surface area contributed by atoms with Crippen LogP contribution in [0.25, 0.3) is 0 Å². The maximum absolute atomic E-state index is 4.03. The summed E-state index contributed by atoms with van der Waals surface area (Å²) in [5.74, 6) is 1.29. The highest BCUT2D eigenvalue weighted by molar-refractivity contribution is 5.26. The third kappa shape index (κ3) is 5.50. The highest BCUT2D eigenvalue weighted by atomic mass is 14.9. The van der Waals surface area contributed by atoms with E-state index < -0.39 is 0 Å². The normalized spacial score (nSPS) is 14.6. The van der Waals surface area contributed by atoms with E-state index in [4.69, 9.17) is 0 Å². The van der Waals surface area contributed by atoms with Crippen molar-refractivity contribution >= 4 is 0 Å². The Bertz CT molecular complexity index is 402. The first-order valence-corrected chi connectivity index (χ1v) is 7.79. The van der Waals surface area contributed by atoms with Crippen molar-refractivity contribution in [3.8, 4) is 0 Å². The van der Waals surface area contributed by atoms with Crippen LogP contribution < -0.4 is 5.32 Å². The van der Waals surface area contributed by atoms with Crippen LogP contribution in [-0.4, -0.2) is 13.1 Å². The highest BCUT2D eigenvalue weighted by Crippen LogP contribution is 2.24. The van der Waals surface area contributed by atoms with Gasteiger partial charge in [-0.25, -0.2) is 0 Å². The zero-order chi connectivity index (χ0) is 15.2. The number of nitrogens with one attached hydrogen (secondary N) is 1. The van der Waals surface area contributed by atoms with Crippen LogP contribution in [0.1, 0.15) is 51.7 Å². The van der Waals surface area contributed by atoms with Gasteiger partial charge in [0.25, 0.3) is 0 Å². The Labute approximate surface area is 125 Å². The minimum absolute atomic E-state index is 0.119. The van der Waals surface area contributed by atoms with Crippen molar-refractivity contribution in [1.82, 2.24) is 5.32 Å². The highest BCUT2D eigenvalue weighted by Gasteiger charge is 2.20. The predicted molar refractivity (Wildman–Crippen MR) is 90.2 cm³/mol. The van der Waals surface area contributed by atoms with Gasteiger partial charge in [0, 0.05) is 12.0 Å². The molecule has 0 aliphatic heterocycles. The Morgan fingerprint density at radius 2 is 1.75 bits per heavy atom. The van der Waals surface area contributed by atoms with Crippen LogP contribution in [0.2, 0.25) is 0 Å². The second-order valence-electron chi connectivity index (χ2n) is 6.96. The van der Waals surface area contributed by atoms with Gasteiger partial charge < -0.3 is 5.32 Å². The third-order valence-electron chi connectivity index (χ3n) is 3.83. The van der Waals surface area contributed by atoms with Gasteiger partial charge in [-0.05, 0) is 35.9 Å². The molecule has 0 amide bonds. The van der Waals surface area contributed by atoms with E-state index in [1.165, 1.54) is 11.1 Å². The van der Waals surface area contributed by atoms with E-state index in [9.17, 15) is 0 Å². The number of benzene rings is 1. The summed E-state index contributed by atoms with van der Waals surface area (Å²) >= 11 is 0. The van der Waals surface area contributed by atoms with Gasteiger partial charge in [-0.3, -0.25) is 0 Å². The molecule has 1 N–H and O–H groups in total. The molecule has 112 valence electrons. The van der Waals surface area contributed by atoms with Crippen molar-refractivity contribution < 1.29 is 0 Å². The lowest BCUT2D eigenvalue weighted by Crippen LogP contribution is -2.34. The van der Waals surface area contributed by atoms with Crippen LogP contribution in [0.15, 0.2) is 36.9 Å². The fourth-order valence-corrected chi connectivity index (χ4v) is 2.34. The molecule has 1 heteroatoms. The van der Waals surface area contributed by atoms with Gasteiger partial charge in [-0.15, -0.1) is 6.58 Å². The smallest absolute Gasteiger partial charge is 0.00431 e. The Balaban J connectivity index is 2.64. The average Bonchev–Trinajstić information content (AvgIpc) is 2.39. The maximum Gasteiger partial charge on any atom is 0.00431 e.